The van der Waals surface area contributed by atoms with Crippen molar-refractivity contribution < 1.29 is 9.47 Å². The minimum Gasteiger partial charge on any atom is -0.478 e. The Kier molecular flexibility index (Phi) is 4.90. The van der Waals surface area contributed by atoms with Crippen molar-refractivity contribution >= 4 is 28.3 Å². The highest BCUT2D eigenvalue weighted by molar-refractivity contribution is 5.92. The molecule has 1 aliphatic carbocycles. The monoisotopic (exact) mass is 451 g/mol. The molecule has 6 rings (SSSR count). The van der Waals surface area contributed by atoms with Crippen LogP contribution in [-0.4, -0.2) is 33.0 Å². The Morgan fingerprint density at radius 1 is 1.00 bits per heavy atom. The van der Waals surface area contributed by atoms with Gasteiger partial charge in [-0.15, -0.1) is 0 Å². The first-order valence-electron chi connectivity index (χ1n) is 11.5. The summed E-state index contributed by atoms with van der Waals surface area (Å²) in [6, 6.07) is 16.1. The number of nitrogens with zero attached hydrogens (tertiary/aromatic N) is 4. The number of anilines is 2. The third-order valence-electron chi connectivity index (χ3n) is 6.30. The van der Waals surface area contributed by atoms with Crippen LogP contribution in [0.2, 0.25) is 0 Å². The predicted octanol–water partition coefficient (Wildman–Crippen LogP) is 5.68. The van der Waals surface area contributed by atoms with Crippen LogP contribution in [0.15, 0.2) is 66.0 Å². The van der Waals surface area contributed by atoms with E-state index in [1.807, 2.05) is 50.2 Å². The molecule has 1 N–H and O–H groups in total. The maximum atomic E-state index is 6.00. The van der Waals surface area contributed by atoms with Crippen LogP contribution in [-0.2, 0) is 11.2 Å². The fraction of sp³-hybridized carbons (Fsp3) is 0.259. The van der Waals surface area contributed by atoms with Crippen molar-refractivity contribution in [3.8, 4) is 11.5 Å². The molecule has 1 fully saturated rings. The van der Waals surface area contributed by atoms with E-state index in [2.05, 4.69) is 32.4 Å². The summed E-state index contributed by atoms with van der Waals surface area (Å²) in [7, 11) is 0. The highest BCUT2D eigenvalue weighted by Gasteiger charge is 2.47. The average molecular weight is 452 g/mol. The Hall–Kier alpha value is -4.00. The number of rotatable bonds is 6. The highest BCUT2D eigenvalue weighted by atomic mass is 16.5. The molecule has 0 unspecified atom stereocenters. The van der Waals surface area contributed by atoms with Gasteiger partial charge in [-0.1, -0.05) is 6.07 Å². The lowest BCUT2D eigenvalue weighted by Gasteiger charge is -2.13. The second-order valence-electron chi connectivity index (χ2n) is 9.11. The van der Waals surface area contributed by atoms with Crippen LogP contribution in [0.4, 0.5) is 11.5 Å². The van der Waals surface area contributed by atoms with Crippen molar-refractivity contribution in [1.29, 1.82) is 0 Å². The Labute approximate surface area is 197 Å². The maximum absolute atomic E-state index is 6.00. The SMILES string of the molecule is Cc1ccc(Oc2ccc(Nc3ncnc4ccc(CC5=NC6(CC6)CO5)cc34)cc2C)cn1. The van der Waals surface area contributed by atoms with Crippen LogP contribution in [0.3, 0.4) is 0 Å². The number of nitrogens with one attached hydrogen (secondary N) is 1. The molecule has 2 aromatic carbocycles. The van der Waals surface area contributed by atoms with E-state index < -0.39 is 0 Å². The fourth-order valence-corrected chi connectivity index (χ4v) is 4.15. The van der Waals surface area contributed by atoms with Crippen molar-refractivity contribution in [1.82, 2.24) is 15.0 Å². The van der Waals surface area contributed by atoms with E-state index in [0.29, 0.717) is 12.2 Å². The van der Waals surface area contributed by atoms with Crippen LogP contribution < -0.4 is 10.1 Å². The zero-order chi connectivity index (χ0) is 23.1. The number of benzene rings is 2. The lowest BCUT2D eigenvalue weighted by atomic mass is 10.1. The fourth-order valence-electron chi connectivity index (χ4n) is 4.15. The zero-order valence-corrected chi connectivity index (χ0v) is 19.2. The van der Waals surface area contributed by atoms with Crippen molar-refractivity contribution in [3.63, 3.8) is 0 Å². The Balaban J connectivity index is 1.23. The molecule has 1 spiro atoms. The quantitative estimate of drug-likeness (QED) is 0.406. The minimum absolute atomic E-state index is 0.0890. The Morgan fingerprint density at radius 2 is 1.91 bits per heavy atom. The van der Waals surface area contributed by atoms with Crippen molar-refractivity contribution in [2.24, 2.45) is 4.99 Å². The van der Waals surface area contributed by atoms with E-state index in [1.165, 1.54) is 0 Å². The summed E-state index contributed by atoms with van der Waals surface area (Å²) >= 11 is 0. The van der Waals surface area contributed by atoms with Crippen LogP contribution in [0.1, 0.15) is 29.7 Å². The van der Waals surface area contributed by atoms with Gasteiger partial charge in [0, 0.05) is 23.2 Å². The third kappa shape index (κ3) is 4.17. The smallest absolute Gasteiger partial charge is 0.188 e. The number of aliphatic imine (C=N–C) groups is 1. The topological polar surface area (TPSA) is 81.5 Å². The highest BCUT2D eigenvalue weighted by Crippen LogP contribution is 2.43. The molecule has 3 heterocycles. The van der Waals surface area contributed by atoms with Gasteiger partial charge in [-0.2, -0.15) is 0 Å². The van der Waals surface area contributed by atoms with Gasteiger partial charge in [0.1, 0.15) is 30.3 Å². The Morgan fingerprint density at radius 3 is 2.68 bits per heavy atom. The zero-order valence-electron chi connectivity index (χ0n) is 19.2. The van der Waals surface area contributed by atoms with E-state index >= 15 is 0 Å². The summed E-state index contributed by atoms with van der Waals surface area (Å²) in [5.41, 5.74) is 5.00. The molecule has 1 aliphatic heterocycles. The van der Waals surface area contributed by atoms with Gasteiger partial charge in [0.15, 0.2) is 5.90 Å². The van der Waals surface area contributed by atoms with E-state index in [1.54, 1.807) is 12.5 Å². The summed E-state index contributed by atoms with van der Waals surface area (Å²) < 4.78 is 11.8. The van der Waals surface area contributed by atoms with Gasteiger partial charge in [-0.05, 0) is 80.3 Å². The third-order valence-corrected chi connectivity index (χ3v) is 6.30. The summed E-state index contributed by atoms with van der Waals surface area (Å²) in [5.74, 6) is 3.10. The molecule has 0 atom stereocenters. The van der Waals surface area contributed by atoms with E-state index in [0.717, 1.165) is 70.3 Å². The van der Waals surface area contributed by atoms with Crippen molar-refractivity contribution in [2.75, 3.05) is 11.9 Å². The van der Waals surface area contributed by atoms with Gasteiger partial charge in [0.2, 0.25) is 0 Å². The van der Waals surface area contributed by atoms with E-state index in [9.17, 15) is 0 Å². The average Bonchev–Trinajstić information content (AvgIpc) is 3.48. The largest absolute Gasteiger partial charge is 0.478 e. The summed E-state index contributed by atoms with van der Waals surface area (Å²) in [4.78, 5) is 18.0. The molecule has 170 valence electrons. The van der Waals surface area contributed by atoms with Crippen molar-refractivity contribution in [2.45, 2.75) is 38.6 Å². The second-order valence-corrected chi connectivity index (χ2v) is 9.11. The first-order chi connectivity index (χ1) is 16.6. The second kappa shape index (κ2) is 8.09. The maximum Gasteiger partial charge on any atom is 0.188 e. The van der Waals surface area contributed by atoms with Crippen molar-refractivity contribution in [3.05, 3.63) is 77.9 Å². The van der Waals surface area contributed by atoms with Gasteiger partial charge in [0.25, 0.3) is 0 Å². The number of ether oxygens (including phenoxy) is 2. The molecule has 7 heteroatoms. The molecule has 2 aromatic heterocycles. The summed E-state index contributed by atoms with van der Waals surface area (Å²) in [5, 5.41) is 4.41. The van der Waals surface area contributed by atoms with Gasteiger partial charge in [-0.3, -0.25) is 4.98 Å². The molecule has 0 saturated heterocycles. The number of aromatic nitrogens is 3. The molecular weight excluding hydrogens is 426 g/mol. The number of fused-ring (bicyclic) bond motifs is 1. The molecule has 0 radical (unpaired) electrons. The number of aryl methyl sites for hydroxylation is 2. The normalized spacial score (nSPS) is 15.8. The lowest BCUT2D eigenvalue weighted by Crippen LogP contribution is -2.06. The molecule has 1 saturated carbocycles. The van der Waals surface area contributed by atoms with Crippen LogP contribution in [0.25, 0.3) is 10.9 Å². The van der Waals surface area contributed by atoms with Gasteiger partial charge >= 0.3 is 0 Å². The Bertz CT molecular complexity index is 1410. The van der Waals surface area contributed by atoms with Gasteiger partial charge in [0.05, 0.1) is 17.3 Å². The van der Waals surface area contributed by atoms with Crippen LogP contribution >= 0.6 is 0 Å². The molecule has 34 heavy (non-hydrogen) atoms. The van der Waals surface area contributed by atoms with Crippen LogP contribution in [0.5, 0.6) is 11.5 Å². The van der Waals surface area contributed by atoms with Crippen LogP contribution in [0, 0.1) is 13.8 Å². The molecule has 2 aliphatic rings. The van der Waals surface area contributed by atoms with E-state index in [4.69, 9.17) is 14.5 Å². The summed E-state index contributed by atoms with van der Waals surface area (Å²) in [6.45, 7) is 4.70. The number of hydrogen-bond donors (Lipinski definition) is 1. The minimum atomic E-state index is 0.0890. The standard InChI is InChI=1S/C27H25N5O2/c1-17-11-20(5-8-24(17)34-21-6-3-18(2)28-14-21)31-26-22-12-19(4-7-23(22)29-16-30-26)13-25-32-27(9-10-27)15-33-25/h3-8,11-12,14,16H,9-10,13,15H2,1-2H3,(H,29,30,31). The number of hydrogen-bond acceptors (Lipinski definition) is 7. The van der Waals surface area contributed by atoms with Gasteiger partial charge < -0.3 is 14.8 Å². The molecule has 0 bridgehead atoms. The first kappa shape index (κ1) is 20.6. The number of pyridine rings is 1. The predicted molar refractivity (Wildman–Crippen MR) is 132 cm³/mol. The molecule has 0 amide bonds. The lowest BCUT2D eigenvalue weighted by molar-refractivity contribution is 0.305. The first-order valence-corrected chi connectivity index (χ1v) is 11.5. The van der Waals surface area contributed by atoms with Gasteiger partial charge in [-0.25, -0.2) is 15.0 Å². The molecule has 7 nitrogen and oxygen atoms in total. The molecular formula is C27H25N5O2. The van der Waals surface area contributed by atoms with E-state index in [-0.39, 0.29) is 5.54 Å². The summed E-state index contributed by atoms with van der Waals surface area (Å²) in [6.07, 6.45) is 6.28. The molecule has 4 aromatic rings.